The van der Waals surface area contributed by atoms with E-state index in [0.29, 0.717) is 6.54 Å². The van der Waals surface area contributed by atoms with E-state index < -0.39 is 0 Å². The van der Waals surface area contributed by atoms with Crippen LogP contribution in [0, 0.1) is 0 Å². The van der Waals surface area contributed by atoms with Gasteiger partial charge in [0.2, 0.25) is 5.91 Å². The summed E-state index contributed by atoms with van der Waals surface area (Å²) in [6.07, 6.45) is 0.856. The number of hydrazone groups is 1. The second kappa shape index (κ2) is 7.13. The van der Waals surface area contributed by atoms with Crippen LogP contribution in [-0.2, 0) is 11.2 Å². The molecule has 0 aromatic carbocycles. The van der Waals surface area contributed by atoms with Crippen molar-refractivity contribution in [3.63, 3.8) is 0 Å². The molecule has 0 saturated carbocycles. The first-order valence-corrected chi connectivity index (χ1v) is 6.54. The molecule has 5 N–H and O–H groups in total. The Morgan fingerprint density at radius 2 is 2.44 bits per heavy atom. The van der Waals surface area contributed by atoms with Gasteiger partial charge in [0, 0.05) is 11.4 Å². The highest BCUT2D eigenvalue weighted by Crippen LogP contribution is 2.08. The highest BCUT2D eigenvalue weighted by atomic mass is 32.2. The summed E-state index contributed by atoms with van der Waals surface area (Å²) < 4.78 is 0. The summed E-state index contributed by atoms with van der Waals surface area (Å²) in [5, 5.41) is 8.29. The van der Waals surface area contributed by atoms with Crippen molar-refractivity contribution in [2.75, 3.05) is 12.3 Å². The SMILES string of the molecule is NN=C(N)SCC(=O)NCCc1cccs1. The highest BCUT2D eigenvalue weighted by molar-refractivity contribution is 8.14. The quantitative estimate of drug-likeness (QED) is 0.307. The number of nitrogens with one attached hydrogen (secondary N) is 1. The maximum atomic E-state index is 11.3. The fourth-order valence-electron chi connectivity index (χ4n) is 1.01. The number of thioether (sulfide) groups is 1. The molecule has 0 spiro atoms. The van der Waals surface area contributed by atoms with Gasteiger partial charge in [0.1, 0.15) is 0 Å². The van der Waals surface area contributed by atoms with Gasteiger partial charge in [-0.05, 0) is 17.9 Å². The monoisotopic (exact) mass is 258 g/mol. The Morgan fingerprint density at radius 3 is 3.06 bits per heavy atom. The molecule has 1 aromatic rings. The van der Waals surface area contributed by atoms with Crippen LogP contribution in [0.5, 0.6) is 0 Å². The minimum absolute atomic E-state index is 0.0619. The van der Waals surface area contributed by atoms with Crippen LogP contribution in [0.15, 0.2) is 22.6 Å². The summed E-state index contributed by atoms with van der Waals surface area (Å²) >= 11 is 2.81. The topological polar surface area (TPSA) is 93.5 Å². The van der Waals surface area contributed by atoms with E-state index in [1.165, 1.54) is 4.88 Å². The molecule has 0 aliphatic rings. The van der Waals surface area contributed by atoms with Gasteiger partial charge in [-0.3, -0.25) is 4.79 Å². The third-order valence-corrected chi connectivity index (χ3v) is 3.50. The molecule has 0 unspecified atom stereocenters. The number of carbonyl (C=O) groups is 1. The van der Waals surface area contributed by atoms with Gasteiger partial charge in [-0.2, -0.15) is 5.10 Å². The Labute approximate surface area is 102 Å². The van der Waals surface area contributed by atoms with Crippen molar-refractivity contribution in [1.82, 2.24) is 5.32 Å². The molecule has 0 fully saturated rings. The van der Waals surface area contributed by atoms with Crippen LogP contribution in [0.1, 0.15) is 4.88 Å². The van der Waals surface area contributed by atoms with Crippen molar-refractivity contribution >= 4 is 34.2 Å². The summed E-state index contributed by atoms with van der Waals surface area (Å²) in [4.78, 5) is 12.6. The lowest BCUT2D eigenvalue weighted by atomic mass is 10.3. The van der Waals surface area contributed by atoms with Gasteiger partial charge in [0.05, 0.1) is 5.75 Å². The molecular weight excluding hydrogens is 244 g/mol. The van der Waals surface area contributed by atoms with E-state index in [2.05, 4.69) is 10.4 Å². The van der Waals surface area contributed by atoms with E-state index in [-0.39, 0.29) is 16.8 Å². The molecule has 0 saturated heterocycles. The van der Waals surface area contributed by atoms with Gasteiger partial charge in [0.25, 0.3) is 0 Å². The van der Waals surface area contributed by atoms with Gasteiger partial charge in [-0.15, -0.1) is 11.3 Å². The molecule has 0 bridgehead atoms. The Kier molecular flexibility index (Phi) is 5.73. The Bertz CT molecular complexity index is 350. The molecular formula is C9H14N4OS2. The number of thiophene rings is 1. The molecule has 1 rings (SSSR count). The van der Waals surface area contributed by atoms with Gasteiger partial charge < -0.3 is 16.9 Å². The first-order chi connectivity index (χ1) is 7.72. The number of nitrogens with two attached hydrogens (primary N) is 2. The van der Waals surface area contributed by atoms with Crippen molar-refractivity contribution < 1.29 is 4.79 Å². The molecule has 1 heterocycles. The highest BCUT2D eigenvalue weighted by Gasteiger charge is 2.03. The zero-order valence-corrected chi connectivity index (χ0v) is 10.3. The summed E-state index contributed by atoms with van der Waals surface area (Å²) in [5.74, 6) is 5.12. The number of rotatable bonds is 5. The number of amides is 1. The Balaban J connectivity index is 2.11. The van der Waals surface area contributed by atoms with Gasteiger partial charge in [-0.1, -0.05) is 17.8 Å². The predicted molar refractivity (Wildman–Crippen MR) is 69.3 cm³/mol. The lowest BCUT2D eigenvalue weighted by molar-refractivity contribution is -0.118. The van der Waals surface area contributed by atoms with Crippen molar-refractivity contribution in [1.29, 1.82) is 0 Å². The average Bonchev–Trinajstić information content (AvgIpc) is 2.79. The zero-order valence-electron chi connectivity index (χ0n) is 8.68. The Morgan fingerprint density at radius 1 is 1.62 bits per heavy atom. The lowest BCUT2D eigenvalue weighted by Crippen LogP contribution is -2.28. The molecule has 88 valence electrons. The lowest BCUT2D eigenvalue weighted by Gasteiger charge is -2.03. The van der Waals surface area contributed by atoms with Crippen LogP contribution in [0.2, 0.25) is 0 Å². The predicted octanol–water partition coefficient (Wildman–Crippen LogP) is 0.328. The van der Waals surface area contributed by atoms with Crippen LogP contribution in [0.4, 0.5) is 0 Å². The molecule has 0 aliphatic carbocycles. The standard InChI is InChI=1S/C9H14N4OS2/c10-9(13-11)16-6-8(14)12-4-3-7-2-1-5-15-7/h1-2,5H,3-4,6,11H2,(H2,10,13)(H,12,14). The van der Waals surface area contributed by atoms with Gasteiger partial charge >= 0.3 is 0 Å². The minimum Gasteiger partial charge on any atom is -0.377 e. The normalized spacial score (nSPS) is 11.4. The molecule has 0 atom stereocenters. The van der Waals surface area contributed by atoms with Crippen molar-refractivity contribution in [2.24, 2.45) is 16.7 Å². The molecule has 1 aromatic heterocycles. The average molecular weight is 258 g/mol. The number of nitrogens with zero attached hydrogens (tertiary/aromatic N) is 1. The van der Waals surface area contributed by atoms with Crippen molar-refractivity contribution in [3.05, 3.63) is 22.4 Å². The number of amidine groups is 1. The molecule has 0 aliphatic heterocycles. The fraction of sp³-hybridized carbons (Fsp3) is 0.333. The van der Waals surface area contributed by atoms with Gasteiger partial charge in [-0.25, -0.2) is 0 Å². The van der Waals surface area contributed by atoms with Crippen LogP contribution in [0.25, 0.3) is 0 Å². The first kappa shape index (κ1) is 12.9. The first-order valence-electron chi connectivity index (χ1n) is 4.67. The van der Waals surface area contributed by atoms with Crippen molar-refractivity contribution in [2.45, 2.75) is 6.42 Å². The van der Waals surface area contributed by atoms with E-state index in [1.54, 1.807) is 11.3 Å². The molecule has 1 amide bonds. The smallest absolute Gasteiger partial charge is 0.230 e. The van der Waals surface area contributed by atoms with Crippen molar-refractivity contribution in [3.8, 4) is 0 Å². The van der Waals surface area contributed by atoms with Crippen LogP contribution in [0.3, 0.4) is 0 Å². The van der Waals surface area contributed by atoms with Crippen LogP contribution in [-0.4, -0.2) is 23.4 Å². The van der Waals surface area contributed by atoms with E-state index in [0.717, 1.165) is 18.2 Å². The number of carbonyl (C=O) groups excluding carboxylic acids is 1. The molecule has 16 heavy (non-hydrogen) atoms. The summed E-state index contributed by atoms with van der Waals surface area (Å²) in [5.41, 5.74) is 5.34. The molecule has 0 radical (unpaired) electrons. The maximum Gasteiger partial charge on any atom is 0.230 e. The summed E-state index contributed by atoms with van der Waals surface area (Å²) in [7, 11) is 0. The van der Waals surface area contributed by atoms with Gasteiger partial charge in [0.15, 0.2) is 5.17 Å². The molecule has 5 nitrogen and oxygen atoms in total. The second-order valence-corrected chi connectivity index (χ2v) is 4.96. The van der Waals surface area contributed by atoms with Crippen LogP contribution >= 0.6 is 23.1 Å². The largest absolute Gasteiger partial charge is 0.377 e. The summed E-state index contributed by atoms with van der Waals surface area (Å²) in [6.45, 7) is 0.638. The van der Waals surface area contributed by atoms with Crippen LogP contribution < -0.4 is 16.9 Å². The maximum absolute atomic E-state index is 11.3. The number of hydrogen-bond acceptors (Lipinski definition) is 5. The van der Waals surface area contributed by atoms with E-state index in [9.17, 15) is 4.79 Å². The third-order valence-electron chi connectivity index (χ3n) is 1.75. The Hall–Kier alpha value is -1.21. The van der Waals surface area contributed by atoms with E-state index in [1.807, 2.05) is 17.5 Å². The minimum atomic E-state index is -0.0619. The third kappa shape index (κ3) is 5.04. The molecule has 7 heteroatoms. The summed E-state index contributed by atoms with van der Waals surface area (Å²) in [6, 6.07) is 4.04. The number of hydrogen-bond donors (Lipinski definition) is 3. The zero-order chi connectivity index (χ0) is 11.8. The van der Waals surface area contributed by atoms with E-state index in [4.69, 9.17) is 11.6 Å². The van der Waals surface area contributed by atoms with E-state index >= 15 is 0 Å². The second-order valence-electron chi connectivity index (χ2n) is 2.94. The fourth-order valence-corrected chi connectivity index (χ4v) is 2.17.